The van der Waals surface area contributed by atoms with Crippen LogP contribution in [0.4, 0.5) is 5.69 Å². The van der Waals surface area contributed by atoms with E-state index in [1.807, 2.05) is 6.92 Å². The molecule has 0 bridgehead atoms. The second-order valence-electron chi connectivity index (χ2n) is 4.53. The average Bonchev–Trinajstić information content (AvgIpc) is 2.44. The van der Waals surface area contributed by atoms with E-state index in [0.29, 0.717) is 5.56 Å². The molecule has 0 aliphatic rings. The molecule has 5 heteroatoms. The number of carbonyl (C=O) groups is 1. The number of nitrogens with zero attached hydrogens (tertiary/aromatic N) is 2. The van der Waals surface area contributed by atoms with Gasteiger partial charge in [-0.2, -0.15) is 0 Å². The third-order valence-electron chi connectivity index (χ3n) is 3.14. The molecule has 0 radical (unpaired) electrons. The third-order valence-corrected chi connectivity index (χ3v) is 3.14. The monoisotopic (exact) mass is 264 g/mol. The molecule has 1 heterocycles. The summed E-state index contributed by atoms with van der Waals surface area (Å²) in [5, 5.41) is 6.01. The maximum absolute atomic E-state index is 12.2. The number of pyridine rings is 1. The Bertz CT molecular complexity index is 404. The zero-order valence-electron chi connectivity index (χ0n) is 12.2. The van der Waals surface area contributed by atoms with E-state index in [2.05, 4.69) is 34.4 Å². The van der Waals surface area contributed by atoms with Crippen LogP contribution >= 0.6 is 0 Å². The van der Waals surface area contributed by atoms with Crippen LogP contribution in [0.1, 0.15) is 31.1 Å². The highest BCUT2D eigenvalue weighted by molar-refractivity contribution is 5.99. The minimum atomic E-state index is -0.0860. The zero-order valence-corrected chi connectivity index (χ0v) is 12.2. The molecular formula is C14H24N4O. The second kappa shape index (κ2) is 7.74. The highest BCUT2D eigenvalue weighted by Gasteiger charge is 2.14. The molecule has 0 aliphatic carbocycles. The standard InChI is InChI=1S/C14H24N4O/c1-5-18(6-2)10-11(3)17-14(19)12-9-16-8-7-13(12)15-4/h7-9,11H,5-6,10H2,1-4H3,(H,15,16)(H,17,19). The minimum Gasteiger partial charge on any atom is -0.387 e. The number of amides is 1. The Morgan fingerprint density at radius 3 is 2.68 bits per heavy atom. The van der Waals surface area contributed by atoms with Gasteiger partial charge in [-0.15, -0.1) is 0 Å². The van der Waals surface area contributed by atoms with Gasteiger partial charge in [-0.05, 0) is 26.1 Å². The van der Waals surface area contributed by atoms with Crippen molar-refractivity contribution in [2.75, 3.05) is 32.0 Å². The summed E-state index contributed by atoms with van der Waals surface area (Å²) in [4.78, 5) is 18.5. The van der Waals surface area contributed by atoms with E-state index < -0.39 is 0 Å². The van der Waals surface area contributed by atoms with Crippen LogP contribution in [0, 0.1) is 0 Å². The van der Waals surface area contributed by atoms with Gasteiger partial charge in [-0.1, -0.05) is 13.8 Å². The number of aromatic nitrogens is 1. The van der Waals surface area contributed by atoms with Gasteiger partial charge in [0.15, 0.2) is 0 Å². The van der Waals surface area contributed by atoms with Gasteiger partial charge in [0.05, 0.1) is 5.56 Å². The van der Waals surface area contributed by atoms with E-state index in [9.17, 15) is 4.79 Å². The van der Waals surface area contributed by atoms with Gasteiger partial charge in [-0.25, -0.2) is 0 Å². The zero-order chi connectivity index (χ0) is 14.3. The van der Waals surface area contributed by atoms with Gasteiger partial charge in [-0.3, -0.25) is 9.78 Å². The fraction of sp³-hybridized carbons (Fsp3) is 0.571. The van der Waals surface area contributed by atoms with E-state index in [-0.39, 0.29) is 11.9 Å². The predicted molar refractivity (Wildman–Crippen MR) is 78.5 cm³/mol. The van der Waals surface area contributed by atoms with Crippen LogP contribution in [-0.2, 0) is 0 Å². The van der Waals surface area contributed by atoms with E-state index in [1.54, 1.807) is 25.5 Å². The van der Waals surface area contributed by atoms with E-state index in [0.717, 1.165) is 25.3 Å². The summed E-state index contributed by atoms with van der Waals surface area (Å²) in [6.07, 6.45) is 3.26. The lowest BCUT2D eigenvalue weighted by Crippen LogP contribution is -2.42. The van der Waals surface area contributed by atoms with Crippen molar-refractivity contribution >= 4 is 11.6 Å². The van der Waals surface area contributed by atoms with Crippen molar-refractivity contribution in [3.63, 3.8) is 0 Å². The SMILES string of the molecule is CCN(CC)CC(C)NC(=O)c1cnccc1NC. The Morgan fingerprint density at radius 1 is 1.42 bits per heavy atom. The summed E-state index contributed by atoms with van der Waals surface area (Å²) in [6, 6.07) is 1.90. The number of likely N-dealkylation sites (N-methyl/N-ethyl adjacent to an activating group) is 1. The maximum Gasteiger partial charge on any atom is 0.255 e. The second-order valence-corrected chi connectivity index (χ2v) is 4.53. The molecule has 1 aromatic heterocycles. The van der Waals surface area contributed by atoms with E-state index in [4.69, 9.17) is 0 Å². The molecule has 1 aromatic rings. The van der Waals surface area contributed by atoms with Gasteiger partial charge < -0.3 is 15.5 Å². The van der Waals surface area contributed by atoms with Crippen molar-refractivity contribution in [1.82, 2.24) is 15.2 Å². The summed E-state index contributed by atoms with van der Waals surface area (Å²) in [6.45, 7) is 9.10. The number of rotatable bonds is 7. The molecule has 0 fully saturated rings. The first kappa shape index (κ1) is 15.4. The molecule has 1 rings (SSSR count). The number of hydrogen-bond donors (Lipinski definition) is 2. The molecule has 0 saturated carbocycles. The highest BCUT2D eigenvalue weighted by atomic mass is 16.1. The molecule has 1 unspecified atom stereocenters. The molecule has 0 spiro atoms. The molecule has 5 nitrogen and oxygen atoms in total. The summed E-state index contributed by atoms with van der Waals surface area (Å²) in [7, 11) is 1.80. The average molecular weight is 264 g/mol. The largest absolute Gasteiger partial charge is 0.387 e. The Balaban J connectivity index is 2.63. The molecule has 19 heavy (non-hydrogen) atoms. The van der Waals surface area contributed by atoms with Gasteiger partial charge >= 0.3 is 0 Å². The fourth-order valence-electron chi connectivity index (χ4n) is 2.01. The lowest BCUT2D eigenvalue weighted by atomic mass is 10.2. The Kier molecular flexibility index (Phi) is 6.29. The molecular weight excluding hydrogens is 240 g/mol. The van der Waals surface area contributed by atoms with Crippen molar-refractivity contribution in [3.05, 3.63) is 24.0 Å². The van der Waals surface area contributed by atoms with Crippen LogP contribution in [0.3, 0.4) is 0 Å². The molecule has 106 valence electrons. The lowest BCUT2D eigenvalue weighted by molar-refractivity contribution is 0.0931. The number of carbonyl (C=O) groups excluding carboxylic acids is 1. The normalized spacial score (nSPS) is 12.3. The Morgan fingerprint density at radius 2 is 2.11 bits per heavy atom. The van der Waals surface area contributed by atoms with Gasteiger partial charge in [0.1, 0.15) is 0 Å². The maximum atomic E-state index is 12.2. The van der Waals surface area contributed by atoms with Crippen LogP contribution in [0.15, 0.2) is 18.5 Å². The molecule has 0 aromatic carbocycles. The summed E-state index contributed by atoms with van der Waals surface area (Å²) in [5.74, 6) is -0.0860. The van der Waals surface area contributed by atoms with Crippen LogP contribution < -0.4 is 10.6 Å². The van der Waals surface area contributed by atoms with Gasteiger partial charge in [0, 0.05) is 37.7 Å². The van der Waals surface area contributed by atoms with Crippen molar-refractivity contribution < 1.29 is 4.79 Å². The quantitative estimate of drug-likeness (QED) is 0.785. The van der Waals surface area contributed by atoms with E-state index >= 15 is 0 Å². The van der Waals surface area contributed by atoms with Gasteiger partial charge in [0.2, 0.25) is 0 Å². The fourth-order valence-corrected chi connectivity index (χ4v) is 2.01. The highest BCUT2D eigenvalue weighted by Crippen LogP contribution is 2.12. The number of nitrogens with one attached hydrogen (secondary N) is 2. The molecule has 0 aliphatic heterocycles. The molecule has 0 saturated heterocycles. The Labute approximate surface area is 115 Å². The van der Waals surface area contributed by atoms with Gasteiger partial charge in [0.25, 0.3) is 5.91 Å². The van der Waals surface area contributed by atoms with Crippen molar-refractivity contribution in [1.29, 1.82) is 0 Å². The first-order valence-electron chi connectivity index (χ1n) is 6.77. The van der Waals surface area contributed by atoms with Crippen molar-refractivity contribution in [2.24, 2.45) is 0 Å². The van der Waals surface area contributed by atoms with E-state index in [1.165, 1.54) is 0 Å². The van der Waals surface area contributed by atoms with Crippen LogP contribution in [0.25, 0.3) is 0 Å². The third kappa shape index (κ3) is 4.52. The lowest BCUT2D eigenvalue weighted by Gasteiger charge is -2.23. The summed E-state index contributed by atoms with van der Waals surface area (Å²) in [5.41, 5.74) is 1.37. The van der Waals surface area contributed by atoms with Crippen molar-refractivity contribution in [3.8, 4) is 0 Å². The summed E-state index contributed by atoms with van der Waals surface area (Å²) >= 11 is 0. The number of hydrogen-bond acceptors (Lipinski definition) is 4. The molecule has 1 atom stereocenters. The van der Waals surface area contributed by atoms with Crippen LogP contribution in [0.5, 0.6) is 0 Å². The van der Waals surface area contributed by atoms with Crippen molar-refractivity contribution in [2.45, 2.75) is 26.8 Å². The Hall–Kier alpha value is -1.62. The molecule has 2 N–H and O–H groups in total. The summed E-state index contributed by atoms with van der Waals surface area (Å²) < 4.78 is 0. The first-order valence-corrected chi connectivity index (χ1v) is 6.77. The van der Waals surface area contributed by atoms with Crippen LogP contribution in [-0.4, -0.2) is 48.5 Å². The predicted octanol–water partition coefficient (Wildman–Crippen LogP) is 1.58. The topological polar surface area (TPSA) is 57.3 Å². The number of anilines is 1. The molecule has 1 amide bonds. The van der Waals surface area contributed by atoms with Crippen LogP contribution in [0.2, 0.25) is 0 Å². The first-order chi connectivity index (χ1) is 9.12. The minimum absolute atomic E-state index is 0.0860. The smallest absolute Gasteiger partial charge is 0.255 e.